The third-order valence-corrected chi connectivity index (χ3v) is 4.42. The fourth-order valence-electron chi connectivity index (χ4n) is 1.59. The van der Waals surface area contributed by atoms with Gasteiger partial charge in [-0.3, -0.25) is 0 Å². The number of thioether (sulfide) groups is 1. The van der Waals surface area contributed by atoms with Gasteiger partial charge in [0.05, 0.1) is 0 Å². The lowest BCUT2D eigenvalue weighted by atomic mass is 10.0. The monoisotopic (exact) mass is 215 g/mol. The quantitative estimate of drug-likeness (QED) is 0.823. The smallest absolute Gasteiger partial charge is 0.203 e. The molecule has 3 nitrogen and oxygen atoms in total. The van der Waals surface area contributed by atoms with Gasteiger partial charge in [-0.1, -0.05) is 42.4 Å². The van der Waals surface area contributed by atoms with E-state index in [1.807, 2.05) is 11.8 Å². The van der Waals surface area contributed by atoms with Crippen molar-refractivity contribution in [2.24, 2.45) is 0 Å². The van der Waals surface area contributed by atoms with Crippen molar-refractivity contribution in [3.8, 4) is 0 Å². The molecule has 5 heteroatoms. The summed E-state index contributed by atoms with van der Waals surface area (Å²) in [5, 5.41) is 9.16. The molecule has 2 rings (SSSR count). The number of nitrogens with zero attached hydrogens (tertiary/aromatic N) is 2. The van der Waals surface area contributed by atoms with E-state index in [0.29, 0.717) is 5.13 Å². The van der Waals surface area contributed by atoms with Gasteiger partial charge in [-0.15, -0.1) is 10.2 Å². The number of nitrogens with two attached hydrogens (primary N) is 1. The Morgan fingerprint density at radius 1 is 1.23 bits per heavy atom. The summed E-state index contributed by atoms with van der Waals surface area (Å²) in [6.45, 7) is 0. The summed E-state index contributed by atoms with van der Waals surface area (Å²) in [7, 11) is 0. The van der Waals surface area contributed by atoms with Gasteiger partial charge >= 0.3 is 0 Å². The number of rotatable bonds is 2. The number of hydrogen-bond acceptors (Lipinski definition) is 5. The van der Waals surface area contributed by atoms with Crippen molar-refractivity contribution in [2.45, 2.75) is 41.7 Å². The Bertz CT molecular complexity index is 268. The van der Waals surface area contributed by atoms with Gasteiger partial charge in [0, 0.05) is 5.25 Å². The fourth-order valence-corrected chi connectivity index (χ4v) is 3.73. The van der Waals surface area contributed by atoms with Crippen LogP contribution in [0.5, 0.6) is 0 Å². The van der Waals surface area contributed by atoms with Crippen molar-refractivity contribution in [3.63, 3.8) is 0 Å². The second-order valence-electron chi connectivity index (χ2n) is 3.28. The van der Waals surface area contributed by atoms with E-state index < -0.39 is 0 Å². The summed E-state index contributed by atoms with van der Waals surface area (Å²) in [5.41, 5.74) is 5.52. The van der Waals surface area contributed by atoms with Crippen LogP contribution in [0.15, 0.2) is 4.34 Å². The Morgan fingerprint density at radius 3 is 2.62 bits per heavy atom. The first-order chi connectivity index (χ1) is 6.34. The van der Waals surface area contributed by atoms with Gasteiger partial charge in [0.1, 0.15) is 0 Å². The number of nitrogen functional groups attached to an aromatic ring is 1. The number of aromatic nitrogens is 2. The standard InChI is InChI=1S/C8H13N3S2/c9-7-10-11-8(13-7)12-6-4-2-1-3-5-6/h6H,1-5H2,(H2,9,10). The molecule has 72 valence electrons. The van der Waals surface area contributed by atoms with Gasteiger partial charge in [0.25, 0.3) is 0 Å². The lowest BCUT2D eigenvalue weighted by molar-refractivity contribution is 0.516. The van der Waals surface area contributed by atoms with Gasteiger partial charge in [-0.05, 0) is 12.8 Å². The first-order valence-corrected chi connectivity index (χ1v) is 6.30. The summed E-state index contributed by atoms with van der Waals surface area (Å²) in [6, 6.07) is 0. The van der Waals surface area contributed by atoms with Crippen molar-refractivity contribution in [3.05, 3.63) is 0 Å². The van der Waals surface area contributed by atoms with Gasteiger partial charge in [-0.25, -0.2) is 0 Å². The molecule has 1 saturated carbocycles. The average Bonchev–Trinajstić information content (AvgIpc) is 2.53. The molecule has 1 aliphatic rings. The topological polar surface area (TPSA) is 51.8 Å². The largest absolute Gasteiger partial charge is 0.374 e. The summed E-state index contributed by atoms with van der Waals surface area (Å²) in [6.07, 6.45) is 6.78. The normalized spacial score (nSPS) is 19.1. The Labute approximate surface area is 86.1 Å². The Kier molecular flexibility index (Phi) is 3.05. The molecule has 0 atom stereocenters. The molecule has 1 aliphatic carbocycles. The van der Waals surface area contributed by atoms with Gasteiger partial charge in [0.2, 0.25) is 5.13 Å². The van der Waals surface area contributed by atoms with Crippen molar-refractivity contribution >= 4 is 28.2 Å². The average molecular weight is 215 g/mol. The lowest BCUT2D eigenvalue weighted by Crippen LogP contribution is -2.07. The summed E-state index contributed by atoms with van der Waals surface area (Å²) >= 11 is 3.35. The Morgan fingerprint density at radius 2 is 2.00 bits per heavy atom. The van der Waals surface area contributed by atoms with Gasteiger partial charge in [-0.2, -0.15) is 0 Å². The van der Waals surface area contributed by atoms with Crippen LogP contribution in [-0.2, 0) is 0 Å². The molecule has 2 N–H and O–H groups in total. The molecule has 0 aliphatic heterocycles. The van der Waals surface area contributed by atoms with E-state index >= 15 is 0 Å². The van der Waals surface area contributed by atoms with E-state index in [1.165, 1.54) is 43.4 Å². The second kappa shape index (κ2) is 4.28. The van der Waals surface area contributed by atoms with Crippen LogP contribution in [0.1, 0.15) is 32.1 Å². The maximum Gasteiger partial charge on any atom is 0.203 e. The summed E-state index contributed by atoms with van der Waals surface area (Å²) in [4.78, 5) is 0. The highest BCUT2D eigenvalue weighted by Crippen LogP contribution is 2.35. The predicted molar refractivity (Wildman–Crippen MR) is 57.1 cm³/mol. The minimum absolute atomic E-state index is 0.582. The van der Waals surface area contributed by atoms with Gasteiger partial charge < -0.3 is 5.73 Å². The van der Waals surface area contributed by atoms with E-state index in [9.17, 15) is 0 Å². The molecule has 0 aromatic carbocycles. The fraction of sp³-hybridized carbons (Fsp3) is 0.750. The van der Waals surface area contributed by atoms with Crippen molar-refractivity contribution < 1.29 is 0 Å². The van der Waals surface area contributed by atoms with Gasteiger partial charge in [0.15, 0.2) is 4.34 Å². The van der Waals surface area contributed by atoms with Crippen LogP contribution >= 0.6 is 23.1 Å². The van der Waals surface area contributed by atoms with Crippen LogP contribution in [0.2, 0.25) is 0 Å². The minimum Gasteiger partial charge on any atom is -0.374 e. The van der Waals surface area contributed by atoms with E-state index in [-0.39, 0.29) is 0 Å². The van der Waals surface area contributed by atoms with Crippen LogP contribution in [0.3, 0.4) is 0 Å². The predicted octanol–water partition coefficient (Wildman–Crippen LogP) is 2.55. The molecule has 13 heavy (non-hydrogen) atoms. The van der Waals surface area contributed by atoms with Crippen LogP contribution in [0.25, 0.3) is 0 Å². The number of anilines is 1. The first kappa shape index (κ1) is 9.27. The highest BCUT2D eigenvalue weighted by molar-refractivity contribution is 8.01. The first-order valence-electron chi connectivity index (χ1n) is 4.60. The molecule has 1 fully saturated rings. The zero-order chi connectivity index (χ0) is 9.10. The van der Waals surface area contributed by atoms with E-state index in [1.54, 1.807) is 0 Å². The maximum absolute atomic E-state index is 5.52. The van der Waals surface area contributed by atoms with E-state index in [2.05, 4.69) is 10.2 Å². The zero-order valence-electron chi connectivity index (χ0n) is 7.40. The third-order valence-electron chi connectivity index (χ3n) is 2.24. The lowest BCUT2D eigenvalue weighted by Gasteiger charge is -2.19. The van der Waals surface area contributed by atoms with Crippen LogP contribution in [0.4, 0.5) is 5.13 Å². The van der Waals surface area contributed by atoms with Crippen molar-refractivity contribution in [1.29, 1.82) is 0 Å². The van der Waals surface area contributed by atoms with Crippen LogP contribution in [-0.4, -0.2) is 15.4 Å². The molecular formula is C8H13N3S2. The molecule has 1 heterocycles. The molecule has 1 aromatic heterocycles. The van der Waals surface area contributed by atoms with Crippen LogP contribution < -0.4 is 5.73 Å². The van der Waals surface area contributed by atoms with Crippen LogP contribution in [0, 0.1) is 0 Å². The molecule has 1 aromatic rings. The van der Waals surface area contributed by atoms with Crippen molar-refractivity contribution in [2.75, 3.05) is 5.73 Å². The second-order valence-corrected chi connectivity index (χ2v) is 5.84. The highest BCUT2D eigenvalue weighted by Gasteiger charge is 2.16. The Hall–Kier alpha value is -0.290. The molecule has 0 unspecified atom stereocenters. The molecular weight excluding hydrogens is 202 g/mol. The zero-order valence-corrected chi connectivity index (χ0v) is 9.03. The summed E-state index contributed by atoms with van der Waals surface area (Å²) < 4.78 is 1.03. The highest BCUT2D eigenvalue weighted by atomic mass is 32.2. The molecule has 0 radical (unpaired) electrons. The molecule has 0 saturated heterocycles. The number of hydrogen-bond donors (Lipinski definition) is 1. The molecule has 0 bridgehead atoms. The van der Waals surface area contributed by atoms with E-state index in [0.717, 1.165) is 9.59 Å². The maximum atomic E-state index is 5.52. The molecule has 0 spiro atoms. The van der Waals surface area contributed by atoms with E-state index in [4.69, 9.17) is 5.73 Å². The molecule has 0 amide bonds. The van der Waals surface area contributed by atoms with Crippen molar-refractivity contribution in [1.82, 2.24) is 10.2 Å². The summed E-state index contributed by atoms with van der Waals surface area (Å²) in [5.74, 6) is 0. The SMILES string of the molecule is Nc1nnc(SC2CCCCC2)s1. The minimum atomic E-state index is 0.582. The Balaban J connectivity index is 1.89. The third kappa shape index (κ3) is 2.57.